The Kier molecular flexibility index (Phi) is 6.23. The van der Waals surface area contributed by atoms with Crippen LogP contribution in [0.4, 0.5) is 0 Å². The van der Waals surface area contributed by atoms with Crippen molar-refractivity contribution >= 4 is 49.8 Å². The van der Waals surface area contributed by atoms with Crippen molar-refractivity contribution in [1.82, 2.24) is 14.5 Å². The predicted molar refractivity (Wildman–Crippen MR) is 139 cm³/mol. The maximum absolute atomic E-state index is 13.5. The van der Waals surface area contributed by atoms with Gasteiger partial charge < -0.3 is 9.84 Å². The number of methoxy groups -OCH3 is 1. The van der Waals surface area contributed by atoms with Gasteiger partial charge in [-0.1, -0.05) is 48.2 Å². The molecule has 5 rings (SSSR count). The molecule has 1 N–H and O–H groups in total. The van der Waals surface area contributed by atoms with E-state index in [9.17, 15) is 15.2 Å². The van der Waals surface area contributed by atoms with Gasteiger partial charge in [-0.2, -0.15) is 5.26 Å². The normalized spacial score (nSPS) is 11.9. The molecule has 0 atom stereocenters. The Morgan fingerprint density at radius 3 is 2.54 bits per heavy atom. The first-order valence-corrected chi connectivity index (χ1v) is 12.4. The third-order valence-electron chi connectivity index (χ3n) is 5.32. The van der Waals surface area contributed by atoms with Crippen LogP contribution in [0.1, 0.15) is 5.01 Å². The Labute approximate surface area is 208 Å². The van der Waals surface area contributed by atoms with Gasteiger partial charge in [0.1, 0.15) is 28.2 Å². The average molecular weight is 499 g/mol. The molecular formula is C26H18N4O3S2. The van der Waals surface area contributed by atoms with Gasteiger partial charge in [0.25, 0.3) is 5.56 Å². The van der Waals surface area contributed by atoms with Crippen molar-refractivity contribution in [3.05, 3.63) is 93.9 Å². The molecule has 0 aliphatic carbocycles. The van der Waals surface area contributed by atoms with E-state index in [1.54, 1.807) is 30.3 Å². The lowest BCUT2D eigenvalue weighted by Gasteiger charge is -2.15. The molecule has 172 valence electrons. The second-order valence-corrected chi connectivity index (χ2v) is 9.41. The SMILES string of the molecule is COc1ccccc1-n1c(SC/C(O)=C(\C#N)c2nc3ccccc3s2)nc2ccccc2c1=O. The maximum Gasteiger partial charge on any atom is 0.266 e. The van der Waals surface area contributed by atoms with Crippen LogP contribution in [0.5, 0.6) is 5.75 Å². The first-order chi connectivity index (χ1) is 17.1. The summed E-state index contributed by atoms with van der Waals surface area (Å²) in [6.45, 7) is 0. The first-order valence-electron chi connectivity index (χ1n) is 10.6. The van der Waals surface area contributed by atoms with Crippen LogP contribution in [0.15, 0.2) is 88.5 Å². The number of nitrogens with zero attached hydrogens (tertiary/aromatic N) is 4. The predicted octanol–water partition coefficient (Wildman–Crippen LogP) is 5.59. The molecule has 0 spiro atoms. The molecule has 9 heteroatoms. The third-order valence-corrected chi connectivity index (χ3v) is 7.32. The molecule has 0 aliphatic heterocycles. The number of thioether (sulfide) groups is 1. The minimum Gasteiger partial charge on any atom is -0.510 e. The summed E-state index contributed by atoms with van der Waals surface area (Å²) < 4.78 is 7.89. The first kappa shape index (κ1) is 22.7. The van der Waals surface area contributed by atoms with Crippen molar-refractivity contribution in [2.45, 2.75) is 5.16 Å². The highest BCUT2D eigenvalue weighted by molar-refractivity contribution is 7.99. The van der Waals surface area contributed by atoms with E-state index in [1.807, 2.05) is 42.5 Å². The number of rotatable bonds is 6. The number of aromatic nitrogens is 3. The summed E-state index contributed by atoms with van der Waals surface area (Å²) >= 11 is 2.50. The third kappa shape index (κ3) is 4.25. The minimum atomic E-state index is -0.252. The molecule has 3 aromatic carbocycles. The monoisotopic (exact) mass is 498 g/mol. The number of benzene rings is 3. The number of thiazole rings is 1. The van der Waals surface area contributed by atoms with Gasteiger partial charge in [-0.3, -0.25) is 9.36 Å². The van der Waals surface area contributed by atoms with Crippen LogP contribution in [0.25, 0.3) is 32.4 Å². The lowest BCUT2D eigenvalue weighted by molar-refractivity contribution is 0.411. The molecule has 7 nitrogen and oxygen atoms in total. The van der Waals surface area contributed by atoms with Crippen molar-refractivity contribution in [3.8, 4) is 17.5 Å². The quantitative estimate of drug-likeness (QED) is 0.141. The van der Waals surface area contributed by atoms with Gasteiger partial charge in [-0.05, 0) is 36.4 Å². The highest BCUT2D eigenvalue weighted by atomic mass is 32.2. The Hall–Kier alpha value is -4.13. The van der Waals surface area contributed by atoms with Crippen LogP contribution in [0.2, 0.25) is 0 Å². The summed E-state index contributed by atoms with van der Waals surface area (Å²) in [6.07, 6.45) is 0. The number of para-hydroxylation sites is 4. The van der Waals surface area contributed by atoms with E-state index >= 15 is 0 Å². The van der Waals surface area contributed by atoms with Gasteiger partial charge in [-0.15, -0.1) is 11.3 Å². The zero-order valence-corrected chi connectivity index (χ0v) is 20.1. The van der Waals surface area contributed by atoms with Crippen molar-refractivity contribution < 1.29 is 9.84 Å². The van der Waals surface area contributed by atoms with Crippen LogP contribution in [-0.2, 0) is 0 Å². The van der Waals surface area contributed by atoms with Crippen molar-refractivity contribution in [3.63, 3.8) is 0 Å². The number of allylic oxidation sites excluding steroid dienone is 1. The molecule has 0 saturated carbocycles. The number of ether oxygens (including phenoxy) is 1. The lowest BCUT2D eigenvalue weighted by Crippen LogP contribution is -2.22. The highest BCUT2D eigenvalue weighted by Gasteiger charge is 2.19. The summed E-state index contributed by atoms with van der Waals surface area (Å²) in [7, 11) is 1.54. The van der Waals surface area contributed by atoms with Gasteiger partial charge >= 0.3 is 0 Å². The van der Waals surface area contributed by atoms with Crippen LogP contribution in [0, 0.1) is 11.3 Å². The number of fused-ring (bicyclic) bond motifs is 2. The van der Waals surface area contributed by atoms with Gasteiger partial charge in [0, 0.05) is 0 Å². The number of aliphatic hydroxyl groups is 1. The number of nitriles is 1. The fourth-order valence-corrected chi connectivity index (χ4v) is 5.52. The van der Waals surface area contributed by atoms with E-state index in [1.165, 1.54) is 23.0 Å². The number of aliphatic hydroxyl groups excluding tert-OH is 1. The molecular weight excluding hydrogens is 480 g/mol. The van der Waals surface area contributed by atoms with Gasteiger partial charge in [0.2, 0.25) is 0 Å². The van der Waals surface area contributed by atoms with Gasteiger partial charge in [0.05, 0.1) is 39.7 Å². The molecule has 2 aromatic heterocycles. The largest absolute Gasteiger partial charge is 0.510 e. The summed E-state index contributed by atoms with van der Waals surface area (Å²) in [5.41, 5.74) is 1.70. The second-order valence-electron chi connectivity index (χ2n) is 7.43. The molecule has 5 aromatic rings. The Bertz CT molecular complexity index is 1670. The van der Waals surface area contributed by atoms with E-state index in [0.717, 1.165) is 22.0 Å². The summed E-state index contributed by atoms with van der Waals surface area (Å²) in [5.74, 6) is 0.407. The van der Waals surface area contributed by atoms with Crippen LogP contribution >= 0.6 is 23.1 Å². The fourth-order valence-electron chi connectivity index (χ4n) is 3.66. The Morgan fingerprint density at radius 2 is 1.77 bits per heavy atom. The standard InChI is InChI=1S/C26H18N4O3S2/c1-33-22-12-6-5-11-20(22)30-25(32)16-8-2-3-9-18(16)29-26(30)34-15-21(31)17(14-27)24-28-19-10-4-7-13-23(19)35-24/h2-13,31H,15H2,1H3/b21-17-. The topological polar surface area (TPSA) is 101 Å². The smallest absolute Gasteiger partial charge is 0.266 e. The number of hydrogen-bond donors (Lipinski definition) is 1. The Balaban J connectivity index is 1.59. The van der Waals surface area contributed by atoms with E-state index in [2.05, 4.69) is 11.1 Å². The maximum atomic E-state index is 13.5. The van der Waals surface area contributed by atoms with Crippen molar-refractivity contribution in [1.29, 1.82) is 5.26 Å². The zero-order valence-electron chi connectivity index (χ0n) is 18.5. The van der Waals surface area contributed by atoms with E-state index < -0.39 is 0 Å². The molecule has 0 unspecified atom stereocenters. The number of hydrogen-bond acceptors (Lipinski definition) is 8. The lowest BCUT2D eigenvalue weighted by atomic mass is 10.2. The highest BCUT2D eigenvalue weighted by Crippen LogP contribution is 2.31. The average Bonchev–Trinajstić information content (AvgIpc) is 3.32. The molecule has 0 amide bonds. The van der Waals surface area contributed by atoms with Crippen LogP contribution < -0.4 is 10.3 Å². The molecule has 0 aliphatic rings. The molecule has 0 bridgehead atoms. The molecule has 35 heavy (non-hydrogen) atoms. The Morgan fingerprint density at radius 1 is 1.06 bits per heavy atom. The summed E-state index contributed by atoms with van der Waals surface area (Å²) in [4.78, 5) is 22.7. The molecule has 0 saturated heterocycles. The molecule has 0 fully saturated rings. The van der Waals surface area contributed by atoms with Gasteiger partial charge in [0.15, 0.2) is 5.16 Å². The van der Waals surface area contributed by atoms with Crippen molar-refractivity contribution in [2.75, 3.05) is 12.9 Å². The summed E-state index contributed by atoms with van der Waals surface area (Å²) in [5, 5.41) is 21.9. The molecule has 2 heterocycles. The molecule has 0 radical (unpaired) electrons. The minimum absolute atomic E-state index is 0.0265. The van der Waals surface area contributed by atoms with Gasteiger partial charge in [-0.25, -0.2) is 9.97 Å². The van der Waals surface area contributed by atoms with Crippen LogP contribution in [0.3, 0.4) is 0 Å². The fraction of sp³-hybridized carbons (Fsp3) is 0.0769. The van der Waals surface area contributed by atoms with Crippen LogP contribution in [-0.4, -0.2) is 32.5 Å². The van der Waals surface area contributed by atoms with E-state index in [4.69, 9.17) is 9.72 Å². The zero-order chi connectivity index (χ0) is 24.4. The summed E-state index contributed by atoms with van der Waals surface area (Å²) in [6, 6.07) is 23.9. The van der Waals surface area contributed by atoms with Crippen molar-refractivity contribution in [2.24, 2.45) is 0 Å². The van der Waals surface area contributed by atoms with E-state index in [-0.39, 0.29) is 22.6 Å². The van der Waals surface area contributed by atoms with E-state index in [0.29, 0.717) is 32.5 Å². The second kappa shape index (κ2) is 9.62.